The van der Waals surface area contributed by atoms with E-state index in [-0.39, 0.29) is 5.91 Å². The SMILES string of the molecule is COCCCNC(=O)c1cc(Nc2cccc(OC)c2)ncn1. The Bertz CT molecular complexity index is 649. The minimum absolute atomic E-state index is 0.239. The van der Waals surface area contributed by atoms with E-state index in [2.05, 4.69) is 20.6 Å². The summed E-state index contributed by atoms with van der Waals surface area (Å²) in [5.41, 5.74) is 1.12. The summed E-state index contributed by atoms with van der Waals surface area (Å²) < 4.78 is 10.1. The molecule has 1 amide bonds. The van der Waals surface area contributed by atoms with Gasteiger partial charge in [-0.1, -0.05) is 6.07 Å². The molecule has 1 heterocycles. The first-order valence-electron chi connectivity index (χ1n) is 7.23. The lowest BCUT2D eigenvalue weighted by atomic mass is 10.3. The highest BCUT2D eigenvalue weighted by Gasteiger charge is 2.08. The van der Waals surface area contributed by atoms with Crippen LogP contribution in [0.4, 0.5) is 11.5 Å². The van der Waals surface area contributed by atoms with Gasteiger partial charge in [0.25, 0.3) is 5.91 Å². The predicted octanol–water partition coefficient (Wildman–Crippen LogP) is 2.00. The molecule has 122 valence electrons. The van der Waals surface area contributed by atoms with Crippen molar-refractivity contribution in [3.63, 3.8) is 0 Å². The van der Waals surface area contributed by atoms with Gasteiger partial charge in [-0.2, -0.15) is 0 Å². The van der Waals surface area contributed by atoms with Crippen LogP contribution < -0.4 is 15.4 Å². The number of nitrogens with zero attached hydrogens (tertiary/aromatic N) is 2. The molecule has 7 heteroatoms. The van der Waals surface area contributed by atoms with Gasteiger partial charge in [0, 0.05) is 38.1 Å². The minimum atomic E-state index is -0.239. The smallest absolute Gasteiger partial charge is 0.270 e. The summed E-state index contributed by atoms with van der Waals surface area (Å²) in [6.45, 7) is 1.14. The van der Waals surface area contributed by atoms with Crippen LogP contribution in [0.1, 0.15) is 16.9 Å². The van der Waals surface area contributed by atoms with E-state index >= 15 is 0 Å². The molecule has 0 aliphatic heterocycles. The largest absolute Gasteiger partial charge is 0.497 e. The lowest BCUT2D eigenvalue weighted by molar-refractivity contribution is 0.0943. The summed E-state index contributed by atoms with van der Waals surface area (Å²) >= 11 is 0. The Hall–Kier alpha value is -2.67. The Morgan fingerprint density at radius 2 is 2.09 bits per heavy atom. The van der Waals surface area contributed by atoms with Crippen molar-refractivity contribution in [2.75, 3.05) is 32.7 Å². The Morgan fingerprint density at radius 1 is 1.22 bits per heavy atom. The van der Waals surface area contributed by atoms with Crippen LogP contribution in [-0.4, -0.2) is 43.2 Å². The molecular weight excluding hydrogens is 296 g/mol. The van der Waals surface area contributed by atoms with Gasteiger partial charge in [-0.05, 0) is 18.6 Å². The van der Waals surface area contributed by atoms with Crippen LogP contribution in [0.2, 0.25) is 0 Å². The zero-order valence-corrected chi connectivity index (χ0v) is 13.2. The molecule has 0 saturated heterocycles. The number of hydrogen-bond acceptors (Lipinski definition) is 6. The van der Waals surface area contributed by atoms with Gasteiger partial charge >= 0.3 is 0 Å². The number of methoxy groups -OCH3 is 2. The van der Waals surface area contributed by atoms with Gasteiger partial charge in [0.2, 0.25) is 0 Å². The molecule has 0 saturated carbocycles. The maximum Gasteiger partial charge on any atom is 0.270 e. The van der Waals surface area contributed by atoms with Gasteiger partial charge in [-0.3, -0.25) is 4.79 Å². The number of benzene rings is 1. The van der Waals surface area contributed by atoms with E-state index in [1.54, 1.807) is 20.3 Å². The molecule has 0 radical (unpaired) electrons. The average molecular weight is 316 g/mol. The van der Waals surface area contributed by atoms with Crippen LogP contribution in [0.15, 0.2) is 36.7 Å². The first kappa shape index (κ1) is 16.7. The number of aromatic nitrogens is 2. The monoisotopic (exact) mass is 316 g/mol. The van der Waals surface area contributed by atoms with E-state index in [4.69, 9.17) is 9.47 Å². The maximum atomic E-state index is 12.0. The van der Waals surface area contributed by atoms with E-state index in [1.165, 1.54) is 6.33 Å². The Balaban J connectivity index is 2.00. The molecular formula is C16H20N4O3. The Morgan fingerprint density at radius 3 is 2.87 bits per heavy atom. The van der Waals surface area contributed by atoms with Crippen LogP contribution in [0.5, 0.6) is 5.75 Å². The second-order valence-corrected chi connectivity index (χ2v) is 4.75. The Kier molecular flexibility index (Phi) is 6.31. The number of carbonyl (C=O) groups is 1. The molecule has 1 aromatic carbocycles. The minimum Gasteiger partial charge on any atom is -0.497 e. The topological polar surface area (TPSA) is 85.4 Å². The van der Waals surface area contributed by atoms with Gasteiger partial charge < -0.3 is 20.1 Å². The normalized spacial score (nSPS) is 10.2. The summed E-state index contributed by atoms with van der Waals surface area (Å²) in [6.07, 6.45) is 2.11. The van der Waals surface area contributed by atoms with E-state index < -0.39 is 0 Å². The molecule has 1 aromatic heterocycles. The fourth-order valence-electron chi connectivity index (χ4n) is 1.91. The van der Waals surface area contributed by atoms with Gasteiger partial charge in [0.1, 0.15) is 23.6 Å². The average Bonchev–Trinajstić information content (AvgIpc) is 2.59. The highest BCUT2D eigenvalue weighted by molar-refractivity contribution is 5.92. The second kappa shape index (κ2) is 8.70. The molecule has 0 unspecified atom stereocenters. The van der Waals surface area contributed by atoms with Gasteiger partial charge in [0.15, 0.2) is 0 Å². The molecule has 2 aromatic rings. The van der Waals surface area contributed by atoms with Gasteiger partial charge in [-0.25, -0.2) is 9.97 Å². The van der Waals surface area contributed by atoms with Crippen molar-refractivity contribution in [2.45, 2.75) is 6.42 Å². The summed E-state index contributed by atoms with van der Waals surface area (Å²) in [6, 6.07) is 9.04. The molecule has 0 aliphatic rings. The molecule has 0 atom stereocenters. The van der Waals surface area contributed by atoms with Crippen LogP contribution in [0.25, 0.3) is 0 Å². The van der Waals surface area contributed by atoms with Crippen molar-refractivity contribution in [2.24, 2.45) is 0 Å². The fraction of sp³-hybridized carbons (Fsp3) is 0.312. The predicted molar refractivity (Wildman–Crippen MR) is 87.1 cm³/mol. The lowest BCUT2D eigenvalue weighted by Crippen LogP contribution is -2.26. The molecule has 0 aliphatic carbocycles. The molecule has 23 heavy (non-hydrogen) atoms. The highest BCUT2D eigenvalue weighted by Crippen LogP contribution is 2.20. The lowest BCUT2D eigenvalue weighted by Gasteiger charge is -2.08. The van der Waals surface area contributed by atoms with E-state index in [0.717, 1.165) is 17.9 Å². The standard InChI is InChI=1S/C16H20N4O3/c1-22-8-4-7-17-16(21)14-10-15(19-11-18-14)20-12-5-3-6-13(9-12)23-2/h3,5-6,9-11H,4,7-8H2,1-2H3,(H,17,21)(H,18,19,20). The van der Waals surface area contributed by atoms with Crippen LogP contribution >= 0.6 is 0 Å². The molecule has 0 bridgehead atoms. The van der Waals surface area contributed by atoms with Crippen LogP contribution in [0, 0.1) is 0 Å². The number of anilines is 2. The summed E-state index contributed by atoms with van der Waals surface area (Å²) in [5, 5.41) is 5.91. The Labute approximate surface area is 135 Å². The number of rotatable bonds is 8. The quantitative estimate of drug-likeness (QED) is 0.725. The van der Waals surface area contributed by atoms with Crippen molar-refractivity contribution in [1.82, 2.24) is 15.3 Å². The van der Waals surface area contributed by atoms with Crippen LogP contribution in [0.3, 0.4) is 0 Å². The number of ether oxygens (including phenoxy) is 2. The van der Waals surface area contributed by atoms with E-state index in [1.807, 2.05) is 24.3 Å². The second-order valence-electron chi connectivity index (χ2n) is 4.75. The number of hydrogen-bond donors (Lipinski definition) is 2. The zero-order chi connectivity index (χ0) is 16.5. The number of amides is 1. The maximum absolute atomic E-state index is 12.0. The molecule has 0 fully saturated rings. The third kappa shape index (κ3) is 5.23. The van der Waals surface area contributed by atoms with Crippen molar-refractivity contribution >= 4 is 17.4 Å². The third-order valence-corrected chi connectivity index (χ3v) is 3.05. The third-order valence-electron chi connectivity index (χ3n) is 3.05. The molecule has 2 N–H and O–H groups in total. The molecule has 2 rings (SSSR count). The zero-order valence-electron chi connectivity index (χ0n) is 13.2. The summed E-state index contributed by atoms with van der Waals surface area (Å²) in [7, 11) is 3.23. The molecule has 0 spiro atoms. The van der Waals surface area contributed by atoms with E-state index in [9.17, 15) is 4.79 Å². The van der Waals surface area contributed by atoms with E-state index in [0.29, 0.717) is 24.7 Å². The first-order valence-corrected chi connectivity index (χ1v) is 7.23. The summed E-state index contributed by atoms with van der Waals surface area (Å²) in [5.74, 6) is 1.03. The molecule has 7 nitrogen and oxygen atoms in total. The highest BCUT2D eigenvalue weighted by atomic mass is 16.5. The van der Waals surface area contributed by atoms with Crippen LogP contribution in [-0.2, 0) is 4.74 Å². The van der Waals surface area contributed by atoms with Crippen molar-refractivity contribution in [3.8, 4) is 5.75 Å². The van der Waals surface area contributed by atoms with Crippen molar-refractivity contribution in [1.29, 1.82) is 0 Å². The number of nitrogens with one attached hydrogen (secondary N) is 2. The number of carbonyl (C=O) groups excluding carboxylic acids is 1. The van der Waals surface area contributed by atoms with Crippen molar-refractivity contribution in [3.05, 3.63) is 42.4 Å². The van der Waals surface area contributed by atoms with Gasteiger partial charge in [-0.15, -0.1) is 0 Å². The van der Waals surface area contributed by atoms with Gasteiger partial charge in [0.05, 0.1) is 7.11 Å². The summed E-state index contributed by atoms with van der Waals surface area (Å²) in [4.78, 5) is 20.1. The fourth-order valence-corrected chi connectivity index (χ4v) is 1.91. The first-order chi connectivity index (χ1) is 11.2. The van der Waals surface area contributed by atoms with Crippen molar-refractivity contribution < 1.29 is 14.3 Å².